The molecular weight excluding hydrogens is 366 g/mol. The van der Waals surface area contributed by atoms with Crippen LogP contribution in [0.1, 0.15) is 34.0 Å². The van der Waals surface area contributed by atoms with Gasteiger partial charge >= 0.3 is 6.09 Å². The number of alkyl carbamates (subject to hydrolysis) is 1. The molecule has 3 N–H and O–H groups in total. The molecule has 3 rings (SSSR count). The van der Waals surface area contributed by atoms with Crippen LogP contribution in [0.2, 0.25) is 0 Å². The molecule has 8 heteroatoms. The molecule has 2 atom stereocenters. The van der Waals surface area contributed by atoms with Gasteiger partial charge in [0.1, 0.15) is 12.7 Å². The second-order valence-corrected chi connectivity index (χ2v) is 6.24. The fraction of sp³-hybridized carbons (Fsp3) is 0.300. The Kier molecular flexibility index (Phi) is 6.46. The molecule has 1 amide bonds. The molecule has 0 saturated heterocycles. The van der Waals surface area contributed by atoms with E-state index in [9.17, 15) is 19.8 Å². The summed E-state index contributed by atoms with van der Waals surface area (Å²) in [5.41, 5.74) is 1.29. The zero-order chi connectivity index (χ0) is 19.9. The third-order valence-electron chi connectivity index (χ3n) is 4.31. The Labute approximate surface area is 161 Å². The topological polar surface area (TPSA) is 114 Å². The number of nitrogens with one attached hydrogen (secondary N) is 1. The van der Waals surface area contributed by atoms with E-state index < -0.39 is 18.3 Å². The van der Waals surface area contributed by atoms with Gasteiger partial charge in [-0.2, -0.15) is 0 Å². The van der Waals surface area contributed by atoms with Crippen molar-refractivity contribution < 1.29 is 34.0 Å². The fourth-order valence-corrected chi connectivity index (χ4v) is 2.79. The lowest BCUT2D eigenvalue weighted by atomic mass is 9.97. The summed E-state index contributed by atoms with van der Waals surface area (Å²) in [6.07, 6.45) is -2.51. The van der Waals surface area contributed by atoms with Crippen LogP contribution in [0.4, 0.5) is 4.79 Å². The maximum Gasteiger partial charge on any atom is 0.407 e. The van der Waals surface area contributed by atoms with Gasteiger partial charge in [0.05, 0.1) is 6.10 Å². The molecule has 0 saturated carbocycles. The molecule has 2 aromatic rings. The summed E-state index contributed by atoms with van der Waals surface area (Å²) < 4.78 is 15.5. The minimum atomic E-state index is -1.32. The molecule has 1 aliphatic heterocycles. The summed E-state index contributed by atoms with van der Waals surface area (Å²) in [6, 6.07) is 12.2. The van der Waals surface area contributed by atoms with Crippen LogP contribution in [0.3, 0.4) is 0 Å². The lowest BCUT2D eigenvalue weighted by molar-refractivity contribution is 0.0132. The number of ether oxygens (including phenoxy) is 3. The molecule has 0 bridgehead atoms. The predicted molar refractivity (Wildman–Crippen MR) is 98.2 cm³/mol. The lowest BCUT2D eigenvalue weighted by Gasteiger charge is -2.20. The summed E-state index contributed by atoms with van der Waals surface area (Å²) in [5, 5.41) is 23.1. The quantitative estimate of drug-likeness (QED) is 0.593. The first-order valence-corrected chi connectivity index (χ1v) is 8.78. The van der Waals surface area contributed by atoms with Crippen LogP contribution >= 0.6 is 0 Å². The molecule has 0 spiro atoms. The molecule has 148 valence electrons. The van der Waals surface area contributed by atoms with Gasteiger partial charge in [-0.25, -0.2) is 4.79 Å². The van der Waals surface area contributed by atoms with Gasteiger partial charge in [0, 0.05) is 12.1 Å². The van der Waals surface area contributed by atoms with Crippen molar-refractivity contribution in [2.24, 2.45) is 0 Å². The first-order valence-electron chi connectivity index (χ1n) is 8.78. The number of benzene rings is 2. The molecular formula is C20H21NO7. The highest BCUT2D eigenvalue weighted by atomic mass is 16.7. The van der Waals surface area contributed by atoms with Gasteiger partial charge in [-0.15, -0.1) is 0 Å². The molecule has 0 fully saturated rings. The Morgan fingerprint density at radius 1 is 1.18 bits per heavy atom. The molecule has 1 aliphatic rings. The normalized spacial score (nSPS) is 14.2. The SMILES string of the molecule is O=Cc1cc2c(cc1C(O)C(O)CCNC(=O)OCc1ccccc1)OCO2. The first-order chi connectivity index (χ1) is 13.6. The zero-order valence-electron chi connectivity index (χ0n) is 15.0. The average Bonchev–Trinajstić information content (AvgIpc) is 3.18. The molecule has 1 heterocycles. The number of carbonyl (C=O) groups is 2. The second kappa shape index (κ2) is 9.20. The number of aliphatic hydroxyl groups excluding tert-OH is 2. The predicted octanol–water partition coefficient (Wildman–Crippen LogP) is 1.94. The van der Waals surface area contributed by atoms with Crippen molar-refractivity contribution in [3.8, 4) is 11.5 Å². The Morgan fingerprint density at radius 3 is 2.61 bits per heavy atom. The smallest absolute Gasteiger partial charge is 0.407 e. The van der Waals surface area contributed by atoms with Crippen molar-refractivity contribution in [1.82, 2.24) is 5.32 Å². The number of aliphatic hydroxyl groups is 2. The van der Waals surface area contributed by atoms with E-state index in [4.69, 9.17) is 14.2 Å². The monoisotopic (exact) mass is 387 g/mol. The van der Waals surface area contributed by atoms with E-state index in [2.05, 4.69) is 5.32 Å². The number of carbonyl (C=O) groups excluding carboxylic acids is 2. The third-order valence-corrected chi connectivity index (χ3v) is 4.31. The first kappa shape index (κ1) is 19.7. The molecule has 2 unspecified atom stereocenters. The van der Waals surface area contributed by atoms with E-state index in [1.54, 1.807) is 0 Å². The van der Waals surface area contributed by atoms with Gasteiger partial charge in [-0.1, -0.05) is 30.3 Å². The van der Waals surface area contributed by atoms with E-state index >= 15 is 0 Å². The highest BCUT2D eigenvalue weighted by Gasteiger charge is 2.25. The van der Waals surface area contributed by atoms with Crippen molar-refractivity contribution in [3.05, 3.63) is 59.2 Å². The molecule has 2 aromatic carbocycles. The maximum absolute atomic E-state index is 11.7. The maximum atomic E-state index is 11.7. The molecule has 0 aromatic heterocycles. The van der Waals surface area contributed by atoms with Crippen molar-refractivity contribution in [2.75, 3.05) is 13.3 Å². The Hall–Kier alpha value is -3.10. The Morgan fingerprint density at radius 2 is 1.89 bits per heavy atom. The van der Waals surface area contributed by atoms with E-state index in [1.807, 2.05) is 30.3 Å². The van der Waals surface area contributed by atoms with Gasteiger partial charge in [0.2, 0.25) is 6.79 Å². The van der Waals surface area contributed by atoms with Gasteiger partial charge in [0.15, 0.2) is 17.8 Å². The summed E-state index contributed by atoms with van der Waals surface area (Å²) in [7, 11) is 0. The number of rotatable bonds is 8. The van der Waals surface area contributed by atoms with Crippen LogP contribution in [0, 0.1) is 0 Å². The molecule has 0 radical (unpaired) electrons. The summed E-state index contributed by atoms with van der Waals surface area (Å²) in [4.78, 5) is 23.0. The third kappa shape index (κ3) is 4.79. The minimum absolute atomic E-state index is 0.0325. The standard InChI is InChI=1S/C20H21NO7/c22-10-14-8-17-18(28-12-27-17)9-15(14)19(24)16(23)6-7-21-20(25)26-11-13-4-2-1-3-5-13/h1-5,8-10,16,19,23-24H,6-7,11-12H2,(H,21,25). The van der Waals surface area contributed by atoms with Gasteiger partial charge in [0.25, 0.3) is 0 Å². The fourth-order valence-electron chi connectivity index (χ4n) is 2.79. The number of hydrogen-bond acceptors (Lipinski definition) is 7. The van der Waals surface area contributed by atoms with E-state index in [0.717, 1.165) is 5.56 Å². The van der Waals surface area contributed by atoms with Crippen LogP contribution in [-0.4, -0.2) is 42.0 Å². The van der Waals surface area contributed by atoms with Gasteiger partial charge in [-0.3, -0.25) is 4.79 Å². The van der Waals surface area contributed by atoms with Crippen LogP contribution in [0.25, 0.3) is 0 Å². The number of aldehydes is 1. The molecule has 8 nitrogen and oxygen atoms in total. The molecule has 0 aliphatic carbocycles. The minimum Gasteiger partial charge on any atom is -0.454 e. The summed E-state index contributed by atoms with van der Waals surface area (Å²) >= 11 is 0. The van der Waals surface area contributed by atoms with Gasteiger partial charge in [-0.05, 0) is 29.7 Å². The lowest BCUT2D eigenvalue weighted by Crippen LogP contribution is -2.30. The van der Waals surface area contributed by atoms with E-state index in [0.29, 0.717) is 17.8 Å². The van der Waals surface area contributed by atoms with E-state index in [1.165, 1.54) is 12.1 Å². The highest BCUT2D eigenvalue weighted by molar-refractivity contribution is 5.79. The zero-order valence-corrected chi connectivity index (χ0v) is 15.0. The highest BCUT2D eigenvalue weighted by Crippen LogP contribution is 2.37. The van der Waals surface area contributed by atoms with Crippen molar-refractivity contribution in [1.29, 1.82) is 0 Å². The average molecular weight is 387 g/mol. The van der Waals surface area contributed by atoms with Crippen molar-refractivity contribution >= 4 is 12.4 Å². The van der Waals surface area contributed by atoms with Crippen molar-refractivity contribution in [2.45, 2.75) is 25.2 Å². The number of hydrogen-bond donors (Lipinski definition) is 3. The van der Waals surface area contributed by atoms with Crippen LogP contribution in [0.5, 0.6) is 11.5 Å². The number of fused-ring (bicyclic) bond motifs is 1. The Balaban J connectivity index is 1.49. The summed E-state index contributed by atoms with van der Waals surface area (Å²) in [5.74, 6) is 0.810. The second-order valence-electron chi connectivity index (χ2n) is 6.24. The summed E-state index contributed by atoms with van der Waals surface area (Å²) in [6.45, 7) is 0.259. The van der Waals surface area contributed by atoms with Crippen LogP contribution < -0.4 is 14.8 Å². The largest absolute Gasteiger partial charge is 0.454 e. The van der Waals surface area contributed by atoms with Gasteiger partial charge < -0.3 is 29.7 Å². The van der Waals surface area contributed by atoms with Crippen LogP contribution in [0.15, 0.2) is 42.5 Å². The molecule has 28 heavy (non-hydrogen) atoms. The number of amides is 1. The van der Waals surface area contributed by atoms with E-state index in [-0.39, 0.29) is 37.5 Å². The Bertz CT molecular complexity index is 825. The van der Waals surface area contributed by atoms with Crippen LogP contribution in [-0.2, 0) is 11.3 Å². The van der Waals surface area contributed by atoms with Crippen molar-refractivity contribution in [3.63, 3.8) is 0 Å².